The van der Waals surface area contributed by atoms with E-state index in [1.54, 1.807) is 0 Å². The van der Waals surface area contributed by atoms with Gasteiger partial charge in [0.05, 0.1) is 0 Å². The van der Waals surface area contributed by atoms with Crippen LogP contribution >= 0.6 is 0 Å². The van der Waals surface area contributed by atoms with Gasteiger partial charge in [-0.15, -0.1) is 0 Å². The summed E-state index contributed by atoms with van der Waals surface area (Å²) in [6, 6.07) is -0.489. The minimum absolute atomic E-state index is 0.0867. The zero-order chi connectivity index (χ0) is 21.4. The van der Waals surface area contributed by atoms with Crippen molar-refractivity contribution in [3.63, 3.8) is 0 Å². The summed E-state index contributed by atoms with van der Waals surface area (Å²) in [7, 11) is 0. The second kappa shape index (κ2) is 10.4. The molecule has 0 spiro atoms. The molecule has 0 aromatic carbocycles. The van der Waals surface area contributed by atoms with E-state index in [4.69, 9.17) is 4.74 Å². The Hall–Kier alpha value is -2.36. The SMILES string of the molecule is CC1=C(/C=C/C(C)=C/C=C/C(C)=C/COC(=O)[C@@H]2CCC(=O)N2)C(C)(C)CCC1. The van der Waals surface area contributed by atoms with Crippen LogP contribution in [0.1, 0.15) is 66.7 Å². The molecule has 0 bridgehead atoms. The Balaban J connectivity index is 1.83. The first kappa shape index (κ1) is 22.9. The number of hydrogen-bond donors (Lipinski definition) is 1. The predicted molar refractivity (Wildman–Crippen MR) is 118 cm³/mol. The smallest absolute Gasteiger partial charge is 0.328 e. The fraction of sp³-hybridized carbons (Fsp3) is 0.520. The van der Waals surface area contributed by atoms with Gasteiger partial charge in [-0.25, -0.2) is 4.79 Å². The van der Waals surface area contributed by atoms with Gasteiger partial charge in [-0.2, -0.15) is 0 Å². The summed E-state index contributed by atoms with van der Waals surface area (Å²) >= 11 is 0. The lowest BCUT2D eigenvalue weighted by molar-refractivity contribution is -0.145. The maximum Gasteiger partial charge on any atom is 0.328 e. The van der Waals surface area contributed by atoms with Crippen molar-refractivity contribution in [2.75, 3.05) is 6.61 Å². The van der Waals surface area contributed by atoms with Crippen molar-refractivity contribution in [2.24, 2.45) is 5.41 Å². The molecule has 4 heteroatoms. The fourth-order valence-electron chi connectivity index (χ4n) is 3.85. The number of esters is 1. The summed E-state index contributed by atoms with van der Waals surface area (Å²) in [6.45, 7) is 11.2. The number of ether oxygens (including phenoxy) is 1. The van der Waals surface area contributed by atoms with Crippen molar-refractivity contribution in [1.29, 1.82) is 0 Å². The summed E-state index contributed by atoms with van der Waals surface area (Å²) in [5.74, 6) is -0.448. The summed E-state index contributed by atoms with van der Waals surface area (Å²) < 4.78 is 5.21. The zero-order valence-corrected chi connectivity index (χ0v) is 18.5. The number of rotatable bonds is 7. The van der Waals surface area contributed by atoms with Crippen LogP contribution in [0.5, 0.6) is 0 Å². The molecular weight excluding hydrogens is 362 g/mol. The summed E-state index contributed by atoms with van der Waals surface area (Å²) in [6.07, 6.45) is 17.1. The molecule has 0 saturated carbocycles. The minimum atomic E-state index is -0.489. The van der Waals surface area contributed by atoms with Crippen molar-refractivity contribution in [3.8, 4) is 0 Å². The molecule has 0 unspecified atom stereocenters. The van der Waals surface area contributed by atoms with Crippen molar-refractivity contribution < 1.29 is 14.3 Å². The van der Waals surface area contributed by atoms with E-state index in [0.717, 1.165) is 5.57 Å². The van der Waals surface area contributed by atoms with E-state index in [1.807, 2.05) is 25.2 Å². The molecule has 2 aliphatic rings. The van der Waals surface area contributed by atoms with Crippen LogP contribution in [0.25, 0.3) is 0 Å². The number of carbonyl (C=O) groups excluding carboxylic acids is 2. The van der Waals surface area contributed by atoms with Crippen LogP contribution in [0.3, 0.4) is 0 Å². The van der Waals surface area contributed by atoms with E-state index in [1.165, 1.54) is 36.0 Å². The van der Waals surface area contributed by atoms with Crippen LogP contribution in [-0.2, 0) is 14.3 Å². The molecule has 1 heterocycles. The molecule has 1 N–H and O–H groups in total. The van der Waals surface area contributed by atoms with E-state index in [9.17, 15) is 9.59 Å². The molecule has 158 valence electrons. The highest BCUT2D eigenvalue weighted by Crippen LogP contribution is 2.40. The predicted octanol–water partition coefficient (Wildman–Crippen LogP) is 5.34. The van der Waals surface area contributed by atoms with E-state index in [0.29, 0.717) is 12.8 Å². The van der Waals surface area contributed by atoms with Gasteiger partial charge in [-0.05, 0) is 63.5 Å². The lowest BCUT2D eigenvalue weighted by Gasteiger charge is -2.32. The topological polar surface area (TPSA) is 55.4 Å². The Morgan fingerprint density at radius 3 is 2.62 bits per heavy atom. The van der Waals surface area contributed by atoms with Gasteiger partial charge in [0, 0.05) is 6.42 Å². The number of allylic oxidation sites excluding steroid dienone is 9. The van der Waals surface area contributed by atoms with Crippen molar-refractivity contribution in [2.45, 2.75) is 72.8 Å². The van der Waals surface area contributed by atoms with Crippen molar-refractivity contribution >= 4 is 11.9 Å². The Labute approximate surface area is 175 Å². The van der Waals surface area contributed by atoms with Gasteiger partial charge >= 0.3 is 5.97 Å². The normalized spacial score (nSPS) is 23.2. The van der Waals surface area contributed by atoms with E-state index in [2.05, 4.69) is 51.2 Å². The lowest BCUT2D eigenvalue weighted by atomic mass is 9.72. The van der Waals surface area contributed by atoms with Crippen LogP contribution in [0.15, 0.2) is 58.7 Å². The second-order valence-electron chi connectivity index (χ2n) is 8.77. The summed E-state index contributed by atoms with van der Waals surface area (Å²) in [5, 5.41) is 2.62. The molecule has 1 aliphatic heterocycles. The van der Waals surface area contributed by atoms with Crippen LogP contribution in [0.2, 0.25) is 0 Å². The third kappa shape index (κ3) is 7.19. The Morgan fingerprint density at radius 2 is 1.97 bits per heavy atom. The number of carbonyl (C=O) groups is 2. The van der Waals surface area contributed by atoms with E-state index >= 15 is 0 Å². The molecule has 1 aliphatic carbocycles. The van der Waals surface area contributed by atoms with Crippen LogP contribution < -0.4 is 5.32 Å². The average Bonchev–Trinajstić information content (AvgIpc) is 3.07. The van der Waals surface area contributed by atoms with Crippen LogP contribution in [0, 0.1) is 5.41 Å². The Bertz CT molecular complexity index is 778. The first-order valence-electron chi connectivity index (χ1n) is 10.5. The summed E-state index contributed by atoms with van der Waals surface area (Å²) in [4.78, 5) is 23.0. The molecule has 0 aromatic rings. The van der Waals surface area contributed by atoms with Crippen molar-refractivity contribution in [3.05, 3.63) is 58.7 Å². The quantitative estimate of drug-likeness (QED) is 0.466. The van der Waals surface area contributed by atoms with Gasteiger partial charge in [-0.1, -0.05) is 60.9 Å². The largest absolute Gasteiger partial charge is 0.460 e. The van der Waals surface area contributed by atoms with Gasteiger partial charge in [0.1, 0.15) is 12.6 Å². The highest BCUT2D eigenvalue weighted by molar-refractivity contribution is 5.88. The zero-order valence-electron chi connectivity index (χ0n) is 18.5. The van der Waals surface area contributed by atoms with Gasteiger partial charge in [0.2, 0.25) is 5.91 Å². The molecule has 1 atom stereocenters. The lowest BCUT2D eigenvalue weighted by Crippen LogP contribution is -2.34. The van der Waals surface area contributed by atoms with Gasteiger partial charge < -0.3 is 10.1 Å². The molecule has 4 nitrogen and oxygen atoms in total. The Morgan fingerprint density at radius 1 is 1.21 bits per heavy atom. The third-order valence-electron chi connectivity index (χ3n) is 5.68. The van der Waals surface area contributed by atoms with E-state index in [-0.39, 0.29) is 23.9 Å². The number of hydrogen-bond acceptors (Lipinski definition) is 3. The minimum Gasteiger partial charge on any atom is -0.460 e. The first-order chi connectivity index (χ1) is 13.7. The number of nitrogens with one attached hydrogen (secondary N) is 1. The average molecular weight is 398 g/mol. The van der Waals surface area contributed by atoms with Gasteiger partial charge in [-0.3, -0.25) is 4.79 Å². The summed E-state index contributed by atoms with van der Waals surface area (Å²) in [5.41, 5.74) is 5.45. The molecule has 1 saturated heterocycles. The van der Waals surface area contributed by atoms with E-state index < -0.39 is 6.04 Å². The third-order valence-corrected chi connectivity index (χ3v) is 5.68. The molecule has 2 rings (SSSR count). The molecular formula is C25H35NO3. The maximum atomic E-state index is 11.8. The monoisotopic (exact) mass is 397 g/mol. The maximum absolute atomic E-state index is 11.8. The molecule has 1 fully saturated rings. The molecule has 29 heavy (non-hydrogen) atoms. The molecule has 1 amide bonds. The standard InChI is InChI=1S/C25H35NO3/c1-18(11-12-21-20(3)10-7-16-25(21,4)5)8-6-9-19(2)15-17-29-24(28)22-13-14-23(27)26-22/h6,8-9,11-12,15,22H,7,10,13-14,16-17H2,1-5H3,(H,26,27)/b9-6+,12-11+,18-8+,19-15+/t22-/m0/s1. The molecule has 0 aromatic heterocycles. The highest BCUT2D eigenvalue weighted by atomic mass is 16.5. The Kier molecular flexibility index (Phi) is 8.24. The molecule has 0 radical (unpaired) electrons. The second-order valence-corrected chi connectivity index (χ2v) is 8.77. The van der Waals surface area contributed by atoms with Crippen molar-refractivity contribution in [1.82, 2.24) is 5.32 Å². The van der Waals surface area contributed by atoms with Crippen LogP contribution in [-0.4, -0.2) is 24.5 Å². The van der Waals surface area contributed by atoms with Gasteiger partial charge in [0.15, 0.2) is 0 Å². The highest BCUT2D eigenvalue weighted by Gasteiger charge is 2.28. The van der Waals surface area contributed by atoms with Gasteiger partial charge in [0.25, 0.3) is 0 Å². The number of amides is 1. The fourth-order valence-corrected chi connectivity index (χ4v) is 3.85. The van der Waals surface area contributed by atoms with Crippen LogP contribution in [0.4, 0.5) is 0 Å². The first-order valence-corrected chi connectivity index (χ1v) is 10.5.